The van der Waals surface area contributed by atoms with Crippen LogP contribution in [-0.2, 0) is 4.74 Å². The molecule has 0 spiro atoms. The fourth-order valence-electron chi connectivity index (χ4n) is 1.26. The van der Waals surface area contributed by atoms with Gasteiger partial charge in [-0.2, -0.15) is 0 Å². The van der Waals surface area contributed by atoms with Gasteiger partial charge < -0.3 is 10.1 Å². The van der Waals surface area contributed by atoms with Gasteiger partial charge in [-0.05, 0) is 33.0 Å². The van der Waals surface area contributed by atoms with Crippen LogP contribution in [0, 0.1) is 5.92 Å². The van der Waals surface area contributed by atoms with Crippen LogP contribution in [-0.4, -0.2) is 16.8 Å². The van der Waals surface area contributed by atoms with Crippen molar-refractivity contribution in [1.82, 2.24) is 5.32 Å². The van der Waals surface area contributed by atoms with Gasteiger partial charge in [0.15, 0.2) is 0 Å². The Balaban J connectivity index is 2.75. The summed E-state index contributed by atoms with van der Waals surface area (Å²) in [6.45, 7) is 8.50. The maximum atomic E-state index is 5.35. The smallest absolute Gasteiger partial charge is 0.257 e. The molecule has 0 bridgehead atoms. The van der Waals surface area contributed by atoms with Crippen molar-refractivity contribution in [2.75, 3.05) is 0 Å². The summed E-state index contributed by atoms with van der Waals surface area (Å²) in [5.41, 5.74) is 0.0642. The fraction of sp³-hybridized carbons (Fsp3) is 0.875. The van der Waals surface area contributed by atoms with E-state index in [1.165, 1.54) is 0 Å². The molecule has 0 amide bonds. The van der Waals surface area contributed by atoms with Gasteiger partial charge in [0, 0.05) is 11.5 Å². The van der Waals surface area contributed by atoms with Gasteiger partial charge in [-0.3, -0.25) is 0 Å². The first kappa shape index (κ1) is 8.78. The number of hydrogen-bond donors (Lipinski definition) is 1. The zero-order chi connectivity index (χ0) is 8.65. The van der Waals surface area contributed by atoms with E-state index in [1.54, 1.807) is 0 Å². The summed E-state index contributed by atoms with van der Waals surface area (Å²) in [7, 11) is 0. The molecular weight excluding hydrogens is 158 g/mol. The molecule has 64 valence electrons. The van der Waals surface area contributed by atoms with E-state index in [9.17, 15) is 0 Å². The quantitative estimate of drug-likeness (QED) is 0.563. The van der Waals surface area contributed by atoms with Gasteiger partial charge in [0.1, 0.15) is 6.10 Å². The van der Waals surface area contributed by atoms with Gasteiger partial charge in [-0.15, -0.1) is 0 Å². The van der Waals surface area contributed by atoms with E-state index in [-0.39, 0.29) is 11.6 Å². The number of hydrogen-bond acceptors (Lipinski definition) is 2. The Morgan fingerprint density at radius 3 is 2.45 bits per heavy atom. The second-order valence-electron chi connectivity index (χ2n) is 3.75. The zero-order valence-corrected chi connectivity index (χ0v) is 8.29. The Hall–Kier alpha value is -0.310. The molecule has 0 aromatic heterocycles. The monoisotopic (exact) mass is 173 g/mol. The molecule has 0 aromatic rings. The van der Waals surface area contributed by atoms with Crippen LogP contribution in [0.25, 0.3) is 0 Å². The second-order valence-corrected chi connectivity index (χ2v) is 4.12. The van der Waals surface area contributed by atoms with Crippen molar-refractivity contribution in [2.45, 2.75) is 39.3 Å². The molecule has 1 fully saturated rings. The standard InChI is InChI=1S/C8H15NOS/c1-5-6(2)10-7(11)9-8(5,3)4/h5-6H,1-4H3,(H,9,11)/t5-,6-/m0/s1. The predicted molar refractivity (Wildman–Crippen MR) is 49.5 cm³/mol. The fourth-order valence-corrected chi connectivity index (χ4v) is 1.68. The average Bonchev–Trinajstić information content (AvgIpc) is 1.81. The van der Waals surface area contributed by atoms with Crippen LogP contribution in [0.15, 0.2) is 0 Å². The molecular formula is C8H15NOS. The van der Waals surface area contributed by atoms with Crippen molar-refractivity contribution in [3.63, 3.8) is 0 Å². The van der Waals surface area contributed by atoms with Gasteiger partial charge in [0.25, 0.3) is 5.17 Å². The van der Waals surface area contributed by atoms with E-state index in [0.717, 1.165) is 0 Å². The highest BCUT2D eigenvalue weighted by molar-refractivity contribution is 7.80. The van der Waals surface area contributed by atoms with E-state index in [1.807, 2.05) is 0 Å². The molecule has 2 nitrogen and oxygen atoms in total. The topological polar surface area (TPSA) is 21.3 Å². The summed E-state index contributed by atoms with van der Waals surface area (Å²) in [6.07, 6.45) is 0.221. The predicted octanol–water partition coefficient (Wildman–Crippen LogP) is 1.69. The van der Waals surface area contributed by atoms with Gasteiger partial charge in [0.05, 0.1) is 0 Å². The third-order valence-electron chi connectivity index (χ3n) is 2.56. The highest BCUT2D eigenvalue weighted by Crippen LogP contribution is 2.25. The van der Waals surface area contributed by atoms with Gasteiger partial charge in [-0.1, -0.05) is 6.92 Å². The van der Waals surface area contributed by atoms with E-state index < -0.39 is 0 Å². The molecule has 1 saturated heterocycles. The zero-order valence-electron chi connectivity index (χ0n) is 7.47. The lowest BCUT2D eigenvalue weighted by Crippen LogP contribution is -2.57. The summed E-state index contributed by atoms with van der Waals surface area (Å²) in [4.78, 5) is 0. The summed E-state index contributed by atoms with van der Waals surface area (Å²) in [6, 6.07) is 0. The SMILES string of the molecule is C[C@@H]1OC(=S)NC(C)(C)[C@H]1C. The minimum absolute atomic E-state index is 0.0642. The molecule has 1 rings (SSSR count). The van der Waals surface area contributed by atoms with E-state index in [2.05, 4.69) is 33.0 Å². The molecule has 0 saturated carbocycles. The molecule has 0 aromatic carbocycles. The number of thiocarbonyl (C=S) groups is 1. The number of ether oxygens (including phenoxy) is 1. The van der Waals surface area contributed by atoms with Gasteiger partial charge in [-0.25, -0.2) is 0 Å². The first-order chi connectivity index (χ1) is 4.93. The molecule has 0 unspecified atom stereocenters. The van der Waals surface area contributed by atoms with Crippen molar-refractivity contribution < 1.29 is 4.74 Å². The molecule has 0 radical (unpaired) electrons. The van der Waals surface area contributed by atoms with Crippen molar-refractivity contribution in [3.05, 3.63) is 0 Å². The van der Waals surface area contributed by atoms with Crippen molar-refractivity contribution in [3.8, 4) is 0 Å². The normalized spacial score (nSPS) is 35.8. The van der Waals surface area contributed by atoms with Crippen LogP contribution in [0.5, 0.6) is 0 Å². The Kier molecular flexibility index (Phi) is 2.10. The van der Waals surface area contributed by atoms with Crippen molar-refractivity contribution >= 4 is 17.4 Å². The molecule has 2 atom stereocenters. The lowest BCUT2D eigenvalue weighted by Gasteiger charge is -2.42. The summed E-state index contributed by atoms with van der Waals surface area (Å²) >= 11 is 4.95. The Labute approximate surface area is 73.3 Å². The van der Waals surface area contributed by atoms with Crippen LogP contribution in [0.1, 0.15) is 27.7 Å². The number of rotatable bonds is 0. The lowest BCUT2D eigenvalue weighted by atomic mass is 9.84. The van der Waals surface area contributed by atoms with E-state index >= 15 is 0 Å². The third kappa shape index (κ3) is 1.64. The van der Waals surface area contributed by atoms with E-state index in [4.69, 9.17) is 17.0 Å². The highest BCUT2D eigenvalue weighted by atomic mass is 32.1. The minimum Gasteiger partial charge on any atom is -0.468 e. The maximum absolute atomic E-state index is 5.35. The third-order valence-corrected chi connectivity index (χ3v) is 2.76. The molecule has 1 N–H and O–H groups in total. The Morgan fingerprint density at radius 2 is 2.00 bits per heavy atom. The molecule has 0 aliphatic carbocycles. The highest BCUT2D eigenvalue weighted by Gasteiger charge is 2.36. The molecule has 1 aliphatic rings. The first-order valence-corrected chi connectivity index (χ1v) is 4.33. The average molecular weight is 173 g/mol. The van der Waals surface area contributed by atoms with Gasteiger partial charge >= 0.3 is 0 Å². The largest absolute Gasteiger partial charge is 0.468 e. The molecule has 11 heavy (non-hydrogen) atoms. The molecule has 1 aliphatic heterocycles. The van der Waals surface area contributed by atoms with Crippen LogP contribution in [0.4, 0.5) is 0 Å². The molecule has 1 heterocycles. The van der Waals surface area contributed by atoms with Crippen LogP contribution in [0.3, 0.4) is 0 Å². The van der Waals surface area contributed by atoms with Crippen LogP contribution < -0.4 is 5.32 Å². The van der Waals surface area contributed by atoms with Crippen LogP contribution >= 0.6 is 12.2 Å². The van der Waals surface area contributed by atoms with Crippen molar-refractivity contribution in [2.24, 2.45) is 5.92 Å². The lowest BCUT2D eigenvalue weighted by molar-refractivity contribution is 0.0585. The summed E-state index contributed by atoms with van der Waals surface area (Å²) < 4.78 is 5.35. The minimum atomic E-state index is 0.0642. The Morgan fingerprint density at radius 1 is 1.45 bits per heavy atom. The maximum Gasteiger partial charge on any atom is 0.257 e. The van der Waals surface area contributed by atoms with Crippen LogP contribution in [0.2, 0.25) is 0 Å². The second kappa shape index (κ2) is 2.63. The van der Waals surface area contributed by atoms with E-state index in [0.29, 0.717) is 11.1 Å². The summed E-state index contributed by atoms with van der Waals surface area (Å²) in [5.74, 6) is 0.481. The first-order valence-electron chi connectivity index (χ1n) is 3.92. The number of nitrogens with one attached hydrogen (secondary N) is 1. The van der Waals surface area contributed by atoms with Crippen molar-refractivity contribution in [1.29, 1.82) is 0 Å². The van der Waals surface area contributed by atoms with Gasteiger partial charge in [0.2, 0.25) is 0 Å². The Bertz CT molecular complexity index is 179. The summed E-state index contributed by atoms with van der Waals surface area (Å²) in [5, 5.41) is 3.67. The molecule has 3 heteroatoms.